The van der Waals surface area contributed by atoms with Crippen LogP contribution in [0.4, 0.5) is 10.2 Å². The number of benzene rings is 2. The third kappa shape index (κ3) is 3.99. The zero-order chi connectivity index (χ0) is 26.4. The average Bonchev–Trinajstić information content (AvgIpc) is 3.25. The monoisotopic (exact) mass is 527 g/mol. The second kappa shape index (κ2) is 9.56. The maximum absolute atomic E-state index is 14.1. The van der Waals surface area contributed by atoms with Gasteiger partial charge in [-0.15, -0.1) is 0 Å². The average molecular weight is 528 g/mol. The summed E-state index contributed by atoms with van der Waals surface area (Å²) in [6.07, 6.45) is 4.84. The molecular weight excluding hydrogens is 505 g/mol. The lowest BCUT2D eigenvalue weighted by atomic mass is 10.1. The number of anilines is 1. The second-order valence-electron chi connectivity index (χ2n) is 9.44. The van der Waals surface area contributed by atoms with Crippen LogP contribution in [0.25, 0.3) is 27.5 Å². The van der Waals surface area contributed by atoms with Gasteiger partial charge in [0, 0.05) is 30.7 Å². The van der Waals surface area contributed by atoms with Crippen LogP contribution in [0.1, 0.15) is 24.1 Å². The third-order valence-electron chi connectivity index (χ3n) is 7.01. The predicted molar refractivity (Wildman–Crippen MR) is 145 cm³/mol. The fourth-order valence-electron chi connectivity index (χ4n) is 5.27. The van der Waals surface area contributed by atoms with E-state index in [2.05, 4.69) is 16.0 Å². The second-order valence-corrected chi connectivity index (χ2v) is 9.85. The van der Waals surface area contributed by atoms with Gasteiger partial charge in [0.25, 0.3) is 5.56 Å². The van der Waals surface area contributed by atoms with Crippen LogP contribution >= 0.6 is 11.6 Å². The largest absolute Gasteiger partial charge is 0.355 e. The van der Waals surface area contributed by atoms with Crippen LogP contribution in [-0.4, -0.2) is 38.2 Å². The summed E-state index contributed by atoms with van der Waals surface area (Å²) >= 11 is 6.52. The van der Waals surface area contributed by atoms with Gasteiger partial charge in [0.2, 0.25) is 0 Å². The summed E-state index contributed by atoms with van der Waals surface area (Å²) in [5, 5.41) is 12.3. The van der Waals surface area contributed by atoms with E-state index >= 15 is 0 Å². The summed E-state index contributed by atoms with van der Waals surface area (Å²) in [6.45, 7) is 1.32. The lowest BCUT2D eigenvalue weighted by Gasteiger charge is -2.33. The molecule has 3 aromatic heterocycles. The molecule has 0 amide bonds. The first-order valence-corrected chi connectivity index (χ1v) is 12.7. The van der Waals surface area contributed by atoms with Crippen molar-refractivity contribution in [2.24, 2.45) is 5.73 Å². The summed E-state index contributed by atoms with van der Waals surface area (Å²) in [6, 6.07) is 15.9. The molecule has 1 saturated heterocycles. The van der Waals surface area contributed by atoms with Gasteiger partial charge in [0.1, 0.15) is 34.3 Å². The Morgan fingerprint density at radius 2 is 2.03 bits per heavy atom. The van der Waals surface area contributed by atoms with Crippen molar-refractivity contribution in [3.8, 4) is 11.8 Å². The quantitative estimate of drug-likeness (QED) is 0.372. The van der Waals surface area contributed by atoms with Crippen LogP contribution in [0.5, 0.6) is 0 Å². The molecule has 38 heavy (non-hydrogen) atoms. The highest BCUT2D eigenvalue weighted by Gasteiger charge is 2.30. The normalized spacial score (nSPS) is 15.7. The van der Waals surface area contributed by atoms with Crippen LogP contribution in [0.3, 0.4) is 0 Å². The van der Waals surface area contributed by atoms with Gasteiger partial charge in [-0.1, -0.05) is 35.9 Å². The molecule has 0 radical (unpaired) electrons. The zero-order valence-electron chi connectivity index (χ0n) is 20.3. The fourth-order valence-corrected chi connectivity index (χ4v) is 5.52. The molecule has 0 aliphatic carbocycles. The Morgan fingerprint density at radius 1 is 1.18 bits per heavy atom. The molecule has 1 unspecified atom stereocenters. The number of nitriles is 1. The number of hydrogen-bond acceptors (Lipinski definition) is 6. The van der Waals surface area contributed by atoms with Gasteiger partial charge < -0.3 is 10.6 Å². The van der Waals surface area contributed by atoms with Crippen LogP contribution in [0, 0.1) is 17.1 Å². The Hall–Kier alpha value is -4.26. The highest BCUT2D eigenvalue weighted by atomic mass is 35.5. The molecule has 190 valence electrons. The molecule has 2 aromatic carbocycles. The molecule has 1 atom stereocenters. The first kappa shape index (κ1) is 24.1. The van der Waals surface area contributed by atoms with E-state index in [0.717, 1.165) is 23.6 Å². The maximum Gasteiger partial charge on any atom is 0.278 e. The van der Waals surface area contributed by atoms with Crippen molar-refractivity contribution >= 4 is 39.2 Å². The lowest BCUT2D eigenvalue weighted by molar-refractivity contribution is 0.501. The Labute approximate surface area is 222 Å². The Bertz CT molecular complexity index is 1800. The van der Waals surface area contributed by atoms with Gasteiger partial charge in [-0.05, 0) is 42.5 Å². The van der Waals surface area contributed by atoms with E-state index in [-0.39, 0.29) is 39.8 Å². The van der Waals surface area contributed by atoms with Gasteiger partial charge >= 0.3 is 0 Å². The number of pyridine rings is 1. The van der Waals surface area contributed by atoms with E-state index < -0.39 is 5.82 Å². The molecule has 4 heterocycles. The van der Waals surface area contributed by atoms with Crippen molar-refractivity contribution in [3.63, 3.8) is 0 Å². The van der Waals surface area contributed by atoms with E-state index in [1.165, 1.54) is 29.1 Å². The molecule has 5 aromatic rings. The van der Waals surface area contributed by atoms with Crippen LogP contribution < -0.4 is 16.2 Å². The number of fused-ring (bicyclic) bond motifs is 2. The molecule has 2 N–H and O–H groups in total. The van der Waals surface area contributed by atoms with Gasteiger partial charge in [-0.2, -0.15) is 5.26 Å². The molecule has 1 aliphatic heterocycles. The number of nitrogens with zero attached hydrogens (tertiary/aromatic N) is 6. The highest BCUT2D eigenvalue weighted by Crippen LogP contribution is 2.36. The Morgan fingerprint density at radius 3 is 2.82 bits per heavy atom. The minimum atomic E-state index is -0.505. The smallest absolute Gasteiger partial charge is 0.278 e. The van der Waals surface area contributed by atoms with Crippen LogP contribution in [0.2, 0.25) is 5.02 Å². The van der Waals surface area contributed by atoms with Crippen LogP contribution in [-0.2, 0) is 6.54 Å². The zero-order valence-corrected chi connectivity index (χ0v) is 21.1. The number of hydrogen-bond donors (Lipinski definition) is 1. The summed E-state index contributed by atoms with van der Waals surface area (Å²) < 4.78 is 17.1. The molecular formula is C28H23ClFN7O. The standard InChI is InChI=1S/C28H23ClFN7O/c29-22-12-18(30)7-8-24(22)37-26-25(21(13-31)27(37)35-11-3-5-19(32)14-35)34-16-36(28(26)38)15-23-20-6-2-1-4-17(20)9-10-33-23/h1-2,4,6-10,12,16,19H,3,5,11,14-15,32H2. The first-order valence-electron chi connectivity index (χ1n) is 12.3. The number of halogens is 2. The lowest BCUT2D eigenvalue weighted by Crippen LogP contribution is -2.43. The highest BCUT2D eigenvalue weighted by molar-refractivity contribution is 6.32. The van der Waals surface area contributed by atoms with Crippen molar-refractivity contribution in [1.29, 1.82) is 5.26 Å². The van der Waals surface area contributed by atoms with Gasteiger partial charge in [0.05, 0.1) is 29.3 Å². The van der Waals surface area contributed by atoms with Crippen LogP contribution in [0.15, 0.2) is 65.8 Å². The van der Waals surface area contributed by atoms with Crippen molar-refractivity contribution in [3.05, 3.63) is 93.5 Å². The van der Waals surface area contributed by atoms with Crippen molar-refractivity contribution < 1.29 is 4.39 Å². The van der Waals surface area contributed by atoms with E-state index in [1.54, 1.807) is 10.8 Å². The van der Waals surface area contributed by atoms with E-state index in [1.807, 2.05) is 35.2 Å². The Kier molecular flexibility index (Phi) is 6.06. The number of nitrogens with two attached hydrogens (primary N) is 1. The fraction of sp³-hybridized carbons (Fsp3) is 0.214. The van der Waals surface area contributed by atoms with Crippen molar-refractivity contribution in [2.45, 2.75) is 25.4 Å². The van der Waals surface area contributed by atoms with E-state index in [9.17, 15) is 14.4 Å². The Balaban J connectivity index is 1.62. The number of aromatic nitrogens is 4. The summed E-state index contributed by atoms with van der Waals surface area (Å²) in [4.78, 5) is 25.2. The van der Waals surface area contributed by atoms with Gasteiger partial charge in [0.15, 0.2) is 0 Å². The minimum Gasteiger partial charge on any atom is -0.355 e. The molecule has 0 bridgehead atoms. The molecule has 10 heteroatoms. The number of rotatable bonds is 4. The topological polar surface area (TPSA) is 106 Å². The molecule has 1 fully saturated rings. The minimum absolute atomic E-state index is 0.0903. The third-order valence-corrected chi connectivity index (χ3v) is 7.31. The molecule has 1 aliphatic rings. The SMILES string of the molecule is N#Cc1c(N2CCCC(N)C2)n(-c2ccc(F)cc2Cl)c2c(=O)n(Cc3nccc4ccccc34)cnc12. The molecule has 0 spiro atoms. The molecule has 8 nitrogen and oxygen atoms in total. The first-order chi connectivity index (χ1) is 18.5. The predicted octanol–water partition coefficient (Wildman–Crippen LogP) is 4.38. The van der Waals surface area contributed by atoms with Crippen molar-refractivity contribution in [2.75, 3.05) is 18.0 Å². The van der Waals surface area contributed by atoms with E-state index in [0.29, 0.717) is 30.3 Å². The summed E-state index contributed by atoms with van der Waals surface area (Å²) in [5.41, 5.74) is 7.70. The summed E-state index contributed by atoms with van der Waals surface area (Å²) in [5.74, 6) is -0.0216. The maximum atomic E-state index is 14.1. The summed E-state index contributed by atoms with van der Waals surface area (Å²) in [7, 11) is 0. The van der Waals surface area contributed by atoms with Gasteiger partial charge in [-0.3, -0.25) is 18.9 Å². The number of piperidine rings is 1. The van der Waals surface area contributed by atoms with Crippen molar-refractivity contribution in [1.82, 2.24) is 19.1 Å². The molecule has 0 saturated carbocycles. The van der Waals surface area contributed by atoms with Gasteiger partial charge in [-0.25, -0.2) is 9.37 Å². The van der Waals surface area contributed by atoms with E-state index in [4.69, 9.17) is 17.3 Å². The molecule has 6 rings (SSSR count).